The van der Waals surface area contributed by atoms with E-state index in [0.29, 0.717) is 5.75 Å². The molecule has 0 saturated carbocycles. The van der Waals surface area contributed by atoms with Gasteiger partial charge in [0.05, 0.1) is 10.7 Å². The number of hydrogen-bond acceptors (Lipinski definition) is 4. The van der Waals surface area contributed by atoms with Crippen LogP contribution in [0.4, 0.5) is 0 Å². The fraction of sp³-hybridized carbons (Fsp3) is 0.0588. The number of fused-ring (bicyclic) bond motifs is 1. The van der Waals surface area contributed by atoms with Crippen molar-refractivity contribution < 1.29 is 9.53 Å². The summed E-state index contributed by atoms with van der Waals surface area (Å²) < 4.78 is 6.40. The van der Waals surface area contributed by atoms with E-state index in [1.807, 2.05) is 53.9 Å². The lowest BCUT2D eigenvalue weighted by Gasteiger charge is -2.09. The van der Waals surface area contributed by atoms with E-state index in [-0.39, 0.29) is 12.5 Å². The highest BCUT2D eigenvalue weighted by Gasteiger charge is 2.08. The van der Waals surface area contributed by atoms with Crippen LogP contribution in [0.2, 0.25) is 0 Å². The van der Waals surface area contributed by atoms with Gasteiger partial charge in [0.2, 0.25) is 0 Å². The van der Waals surface area contributed by atoms with Gasteiger partial charge in [-0.05, 0) is 44.2 Å². The zero-order valence-electron chi connectivity index (χ0n) is 12.0. The number of nitrogens with one attached hydrogen (secondary N) is 1. The summed E-state index contributed by atoms with van der Waals surface area (Å²) in [6.45, 7) is -0.0985. The van der Waals surface area contributed by atoms with E-state index in [1.165, 1.54) is 0 Å². The van der Waals surface area contributed by atoms with Crippen LogP contribution in [0.25, 0.3) is 10.8 Å². The van der Waals surface area contributed by atoms with E-state index in [4.69, 9.17) is 4.74 Å². The summed E-state index contributed by atoms with van der Waals surface area (Å²) in [5.74, 6) is 0.318. The number of benzene rings is 2. The molecule has 0 spiro atoms. The zero-order valence-corrected chi connectivity index (χ0v) is 14.4. The minimum Gasteiger partial charge on any atom is -0.483 e. The van der Waals surface area contributed by atoms with E-state index in [1.54, 1.807) is 17.6 Å². The maximum absolute atomic E-state index is 11.8. The number of hydrazone groups is 1. The van der Waals surface area contributed by atoms with Crippen molar-refractivity contribution >= 4 is 50.2 Å². The molecule has 1 aromatic heterocycles. The van der Waals surface area contributed by atoms with Gasteiger partial charge in [-0.1, -0.05) is 36.4 Å². The van der Waals surface area contributed by atoms with Crippen molar-refractivity contribution in [3.05, 3.63) is 63.3 Å². The van der Waals surface area contributed by atoms with E-state index in [9.17, 15) is 4.79 Å². The van der Waals surface area contributed by atoms with Crippen LogP contribution in [-0.2, 0) is 4.79 Å². The van der Waals surface area contributed by atoms with Crippen LogP contribution in [0.5, 0.6) is 5.75 Å². The first-order chi connectivity index (χ1) is 11.2. The second kappa shape index (κ2) is 7.39. The van der Waals surface area contributed by atoms with Gasteiger partial charge in [-0.3, -0.25) is 4.79 Å². The predicted octanol–water partition coefficient (Wildman–Crippen LogP) is 4.19. The molecule has 0 aliphatic heterocycles. The molecule has 4 nitrogen and oxygen atoms in total. The fourth-order valence-electron chi connectivity index (χ4n) is 2.03. The summed E-state index contributed by atoms with van der Waals surface area (Å²) in [5, 5.41) is 7.99. The Labute approximate surface area is 145 Å². The third-order valence-corrected chi connectivity index (χ3v) is 4.74. The van der Waals surface area contributed by atoms with Crippen LogP contribution in [0.15, 0.2) is 63.5 Å². The molecule has 0 fully saturated rings. The van der Waals surface area contributed by atoms with E-state index < -0.39 is 0 Å². The van der Waals surface area contributed by atoms with Gasteiger partial charge >= 0.3 is 0 Å². The highest BCUT2D eigenvalue weighted by molar-refractivity contribution is 9.10. The lowest BCUT2D eigenvalue weighted by molar-refractivity contribution is -0.123. The third kappa shape index (κ3) is 3.97. The lowest BCUT2D eigenvalue weighted by Crippen LogP contribution is -2.24. The molecule has 116 valence electrons. The molecular formula is C17H13BrN2O2S. The number of carbonyl (C=O) groups excluding carboxylic acids is 1. The normalized spacial score (nSPS) is 11.0. The second-order valence-corrected chi connectivity index (χ2v) is 6.47. The average molecular weight is 389 g/mol. The molecule has 2 aromatic carbocycles. The average Bonchev–Trinajstić information content (AvgIpc) is 3.08. The highest BCUT2D eigenvalue weighted by atomic mass is 79.9. The Morgan fingerprint density at radius 2 is 2.09 bits per heavy atom. The van der Waals surface area contributed by atoms with Gasteiger partial charge in [-0.25, -0.2) is 5.43 Å². The van der Waals surface area contributed by atoms with Crippen molar-refractivity contribution in [3.8, 4) is 5.75 Å². The molecule has 1 amide bonds. The van der Waals surface area contributed by atoms with E-state index in [2.05, 4.69) is 26.5 Å². The fourth-order valence-corrected chi connectivity index (χ4v) is 3.23. The van der Waals surface area contributed by atoms with Gasteiger partial charge in [0.25, 0.3) is 5.91 Å². The maximum Gasteiger partial charge on any atom is 0.277 e. The number of hydrogen-bond donors (Lipinski definition) is 1. The first-order valence-electron chi connectivity index (χ1n) is 6.89. The SMILES string of the molecule is O=C(COc1ccc2ccccc2c1Br)NN=Cc1cccs1. The topological polar surface area (TPSA) is 50.7 Å². The van der Waals surface area contributed by atoms with Crippen molar-refractivity contribution in [2.24, 2.45) is 5.10 Å². The highest BCUT2D eigenvalue weighted by Crippen LogP contribution is 2.32. The number of carbonyl (C=O) groups is 1. The number of ether oxygens (including phenoxy) is 1. The van der Waals surface area contributed by atoms with Gasteiger partial charge in [-0.2, -0.15) is 5.10 Å². The van der Waals surface area contributed by atoms with Crippen molar-refractivity contribution in [2.75, 3.05) is 6.61 Å². The Bertz CT molecular complexity index is 847. The standard InChI is InChI=1S/C17H13BrN2O2S/c18-17-14-6-2-1-4-12(14)7-8-15(17)22-11-16(21)20-19-10-13-5-3-9-23-13/h1-10H,11H2,(H,20,21). The van der Waals surface area contributed by atoms with Gasteiger partial charge < -0.3 is 4.74 Å². The smallest absolute Gasteiger partial charge is 0.277 e. The predicted molar refractivity (Wildman–Crippen MR) is 97.2 cm³/mol. The number of nitrogens with zero attached hydrogens (tertiary/aromatic N) is 1. The summed E-state index contributed by atoms with van der Waals surface area (Å²) >= 11 is 5.08. The summed E-state index contributed by atoms with van der Waals surface area (Å²) in [4.78, 5) is 12.7. The van der Waals surface area contributed by atoms with Crippen LogP contribution >= 0.6 is 27.3 Å². The summed E-state index contributed by atoms with van der Waals surface area (Å²) in [7, 11) is 0. The number of thiophene rings is 1. The Hall–Kier alpha value is -2.18. The Morgan fingerprint density at radius 1 is 1.22 bits per heavy atom. The largest absolute Gasteiger partial charge is 0.483 e. The zero-order chi connectivity index (χ0) is 16.1. The van der Waals surface area contributed by atoms with Gasteiger partial charge in [0.1, 0.15) is 5.75 Å². The van der Waals surface area contributed by atoms with Crippen LogP contribution in [0.3, 0.4) is 0 Å². The Morgan fingerprint density at radius 3 is 2.91 bits per heavy atom. The quantitative estimate of drug-likeness (QED) is 0.526. The van der Waals surface area contributed by atoms with Crippen LogP contribution < -0.4 is 10.2 Å². The molecule has 3 rings (SSSR count). The van der Waals surface area contributed by atoms with E-state index >= 15 is 0 Å². The summed E-state index contributed by atoms with van der Waals surface area (Å²) in [6, 6.07) is 15.6. The molecule has 0 radical (unpaired) electrons. The second-order valence-electron chi connectivity index (χ2n) is 4.70. The first kappa shape index (κ1) is 15.7. The number of halogens is 1. The molecule has 0 aliphatic rings. The molecule has 1 heterocycles. The van der Waals surface area contributed by atoms with Crippen molar-refractivity contribution in [3.63, 3.8) is 0 Å². The summed E-state index contributed by atoms with van der Waals surface area (Å²) in [5.41, 5.74) is 2.44. The molecule has 0 bridgehead atoms. The van der Waals surface area contributed by atoms with Crippen molar-refractivity contribution in [1.82, 2.24) is 5.43 Å². The van der Waals surface area contributed by atoms with Gasteiger partial charge in [0.15, 0.2) is 6.61 Å². The Balaban J connectivity index is 1.59. The van der Waals surface area contributed by atoms with Gasteiger partial charge in [0, 0.05) is 4.88 Å². The Kier molecular flexibility index (Phi) is 5.05. The molecule has 1 N–H and O–H groups in total. The first-order valence-corrected chi connectivity index (χ1v) is 8.57. The minimum absolute atomic E-state index is 0.0985. The molecule has 3 aromatic rings. The van der Waals surface area contributed by atoms with Crippen LogP contribution in [0.1, 0.15) is 4.88 Å². The van der Waals surface area contributed by atoms with Crippen molar-refractivity contribution in [1.29, 1.82) is 0 Å². The molecule has 0 aliphatic carbocycles. The maximum atomic E-state index is 11.8. The molecule has 0 unspecified atom stereocenters. The van der Waals surface area contributed by atoms with Crippen LogP contribution in [0, 0.1) is 0 Å². The number of rotatable bonds is 5. The van der Waals surface area contributed by atoms with Crippen molar-refractivity contribution in [2.45, 2.75) is 0 Å². The van der Waals surface area contributed by atoms with E-state index in [0.717, 1.165) is 20.1 Å². The van der Waals surface area contributed by atoms with Gasteiger partial charge in [-0.15, -0.1) is 11.3 Å². The summed E-state index contributed by atoms with van der Waals surface area (Å²) in [6.07, 6.45) is 1.61. The molecule has 6 heteroatoms. The molecule has 0 atom stereocenters. The molecule has 23 heavy (non-hydrogen) atoms. The minimum atomic E-state index is -0.308. The number of amides is 1. The third-order valence-electron chi connectivity index (χ3n) is 3.11. The monoisotopic (exact) mass is 388 g/mol. The molecule has 0 saturated heterocycles. The molecular weight excluding hydrogens is 376 g/mol. The lowest BCUT2D eigenvalue weighted by atomic mass is 10.1. The van der Waals surface area contributed by atoms with Crippen LogP contribution in [-0.4, -0.2) is 18.7 Å².